The lowest BCUT2D eigenvalue weighted by Crippen LogP contribution is -2.31. The zero-order valence-corrected chi connectivity index (χ0v) is 12.3. The van der Waals surface area contributed by atoms with E-state index in [9.17, 15) is 17.6 Å². The maximum absolute atomic E-state index is 13.6. The van der Waals surface area contributed by atoms with Crippen LogP contribution in [0.4, 0.5) is 4.39 Å². The Morgan fingerprint density at radius 2 is 1.89 bits per heavy atom. The molecular weight excluding hydrogens is 318 g/mol. The second kappa shape index (κ2) is 5.62. The number of hydrogen-bond acceptors (Lipinski definition) is 3. The zero-order valence-electron chi connectivity index (χ0n) is 10.00. The average molecular weight is 329 g/mol. The van der Waals surface area contributed by atoms with E-state index >= 15 is 0 Å². The molecule has 0 unspecified atom stereocenters. The minimum atomic E-state index is -4.36. The lowest BCUT2D eigenvalue weighted by atomic mass is 10.2. The number of sulfonamides is 1. The topological polar surface area (TPSA) is 89.3 Å². The van der Waals surface area contributed by atoms with Gasteiger partial charge in [-0.3, -0.25) is 4.79 Å². The number of amides is 1. The third-order valence-electron chi connectivity index (χ3n) is 2.06. The standard InChI is InChI=1S/C10H11Cl2FN2O3S/c1-4(2)15-10(16)5-3-6(13)8(12)9(7(5)11)19(14,17)18/h3-4H,1-2H3,(H,15,16)(H2,14,17,18). The van der Waals surface area contributed by atoms with Crippen LogP contribution in [0.5, 0.6) is 0 Å². The van der Waals surface area contributed by atoms with E-state index in [0.717, 1.165) is 6.07 Å². The van der Waals surface area contributed by atoms with Gasteiger partial charge in [0, 0.05) is 6.04 Å². The summed E-state index contributed by atoms with van der Waals surface area (Å²) >= 11 is 11.3. The van der Waals surface area contributed by atoms with Gasteiger partial charge in [-0.2, -0.15) is 0 Å². The molecular formula is C10H11Cl2FN2O3S. The minimum Gasteiger partial charge on any atom is -0.350 e. The number of halogens is 3. The number of hydrogen-bond donors (Lipinski definition) is 2. The van der Waals surface area contributed by atoms with Crippen molar-refractivity contribution in [3.05, 3.63) is 27.5 Å². The molecule has 0 spiro atoms. The summed E-state index contributed by atoms with van der Waals surface area (Å²) in [6, 6.07) is 0.525. The molecule has 0 fully saturated rings. The molecule has 0 aliphatic rings. The van der Waals surface area contributed by atoms with Crippen molar-refractivity contribution in [2.75, 3.05) is 0 Å². The summed E-state index contributed by atoms with van der Waals surface area (Å²) < 4.78 is 36.2. The largest absolute Gasteiger partial charge is 0.350 e. The molecule has 0 heterocycles. The fourth-order valence-electron chi connectivity index (χ4n) is 1.34. The van der Waals surface area contributed by atoms with Gasteiger partial charge in [-0.1, -0.05) is 23.2 Å². The molecule has 0 radical (unpaired) electrons. The van der Waals surface area contributed by atoms with Gasteiger partial charge in [-0.25, -0.2) is 17.9 Å². The highest BCUT2D eigenvalue weighted by Gasteiger charge is 2.26. The molecule has 0 bridgehead atoms. The summed E-state index contributed by atoms with van der Waals surface area (Å²) in [6.45, 7) is 3.36. The quantitative estimate of drug-likeness (QED) is 0.830. The molecule has 0 aliphatic carbocycles. The van der Waals surface area contributed by atoms with E-state index in [1.54, 1.807) is 13.8 Å². The molecule has 0 aromatic heterocycles. The van der Waals surface area contributed by atoms with Crippen LogP contribution in [-0.4, -0.2) is 20.4 Å². The van der Waals surface area contributed by atoms with Crippen LogP contribution in [0.2, 0.25) is 10.0 Å². The number of carbonyl (C=O) groups excluding carboxylic acids is 1. The third kappa shape index (κ3) is 3.56. The van der Waals surface area contributed by atoms with Crippen molar-refractivity contribution in [2.24, 2.45) is 5.14 Å². The van der Waals surface area contributed by atoms with Crippen LogP contribution < -0.4 is 10.5 Å². The summed E-state index contributed by atoms with van der Waals surface area (Å²) in [7, 11) is -4.36. The summed E-state index contributed by atoms with van der Waals surface area (Å²) in [5, 5.41) is 6.11. The van der Waals surface area contributed by atoms with Gasteiger partial charge in [0.05, 0.1) is 15.6 Å². The van der Waals surface area contributed by atoms with E-state index in [-0.39, 0.29) is 11.6 Å². The molecule has 1 amide bonds. The van der Waals surface area contributed by atoms with Crippen LogP contribution in [0.15, 0.2) is 11.0 Å². The number of rotatable bonds is 3. The van der Waals surface area contributed by atoms with Crippen LogP contribution in [0.3, 0.4) is 0 Å². The first-order valence-electron chi connectivity index (χ1n) is 5.06. The van der Waals surface area contributed by atoms with Crippen molar-refractivity contribution >= 4 is 39.1 Å². The Labute approximate surface area is 119 Å². The summed E-state index contributed by atoms with van der Waals surface area (Å²) in [6.07, 6.45) is 0. The van der Waals surface area contributed by atoms with Crippen molar-refractivity contribution in [3.8, 4) is 0 Å². The van der Waals surface area contributed by atoms with E-state index in [2.05, 4.69) is 5.32 Å². The van der Waals surface area contributed by atoms with Gasteiger partial charge < -0.3 is 5.32 Å². The van der Waals surface area contributed by atoms with Gasteiger partial charge in [0.1, 0.15) is 10.7 Å². The Morgan fingerprint density at radius 3 is 2.32 bits per heavy atom. The highest BCUT2D eigenvalue weighted by molar-refractivity contribution is 7.89. The van der Waals surface area contributed by atoms with Crippen molar-refractivity contribution in [2.45, 2.75) is 24.8 Å². The molecule has 9 heteroatoms. The van der Waals surface area contributed by atoms with Gasteiger partial charge in [0.25, 0.3) is 5.91 Å². The molecule has 0 saturated heterocycles. The van der Waals surface area contributed by atoms with Crippen LogP contribution >= 0.6 is 23.2 Å². The predicted molar refractivity (Wildman–Crippen MR) is 70.4 cm³/mol. The molecule has 0 aliphatic heterocycles. The average Bonchev–Trinajstić information content (AvgIpc) is 2.20. The monoisotopic (exact) mass is 328 g/mol. The normalized spacial score (nSPS) is 11.7. The molecule has 19 heavy (non-hydrogen) atoms. The van der Waals surface area contributed by atoms with Gasteiger partial charge in [-0.05, 0) is 19.9 Å². The highest BCUT2D eigenvalue weighted by Crippen LogP contribution is 2.33. The van der Waals surface area contributed by atoms with E-state index in [1.165, 1.54) is 0 Å². The first-order chi connectivity index (χ1) is 8.55. The van der Waals surface area contributed by atoms with Crippen molar-refractivity contribution in [3.63, 3.8) is 0 Å². The molecule has 106 valence electrons. The first kappa shape index (κ1) is 16.2. The smallest absolute Gasteiger partial charge is 0.253 e. The van der Waals surface area contributed by atoms with Gasteiger partial charge in [0.15, 0.2) is 0 Å². The maximum Gasteiger partial charge on any atom is 0.253 e. The molecule has 0 atom stereocenters. The molecule has 1 aromatic rings. The molecule has 1 rings (SSSR count). The molecule has 1 aromatic carbocycles. The van der Waals surface area contributed by atoms with Crippen molar-refractivity contribution in [1.29, 1.82) is 0 Å². The van der Waals surface area contributed by atoms with Crippen LogP contribution in [0.1, 0.15) is 24.2 Å². The molecule has 5 nitrogen and oxygen atoms in total. The van der Waals surface area contributed by atoms with E-state index < -0.39 is 36.7 Å². The minimum absolute atomic E-state index is 0.236. The third-order valence-corrected chi connectivity index (χ3v) is 4.03. The fraction of sp³-hybridized carbons (Fsp3) is 0.300. The lowest BCUT2D eigenvalue weighted by Gasteiger charge is -2.13. The Bertz CT molecular complexity index is 632. The van der Waals surface area contributed by atoms with E-state index in [1.807, 2.05) is 0 Å². The van der Waals surface area contributed by atoms with E-state index in [0.29, 0.717) is 0 Å². The number of benzene rings is 1. The Morgan fingerprint density at radius 1 is 1.37 bits per heavy atom. The predicted octanol–water partition coefficient (Wildman–Crippen LogP) is 1.92. The van der Waals surface area contributed by atoms with Crippen LogP contribution in [0, 0.1) is 5.82 Å². The zero-order chi connectivity index (χ0) is 15.0. The Hall–Kier alpha value is -0.890. The van der Waals surface area contributed by atoms with E-state index in [4.69, 9.17) is 28.3 Å². The summed E-state index contributed by atoms with van der Waals surface area (Å²) in [5.41, 5.74) is -0.346. The number of nitrogens with two attached hydrogens (primary N) is 1. The molecule has 0 saturated carbocycles. The SMILES string of the molecule is CC(C)NC(=O)c1cc(F)c(Cl)c(S(N)(=O)=O)c1Cl. The van der Waals surface area contributed by atoms with Gasteiger partial charge in [0.2, 0.25) is 10.0 Å². The fourth-order valence-corrected chi connectivity index (χ4v) is 3.12. The second-order valence-corrected chi connectivity index (χ2v) is 6.29. The maximum atomic E-state index is 13.6. The van der Waals surface area contributed by atoms with Gasteiger partial charge in [-0.15, -0.1) is 0 Å². The van der Waals surface area contributed by atoms with Crippen LogP contribution in [-0.2, 0) is 10.0 Å². The highest BCUT2D eigenvalue weighted by atomic mass is 35.5. The summed E-state index contributed by atoms with van der Waals surface area (Å²) in [4.78, 5) is 11.0. The van der Waals surface area contributed by atoms with Crippen molar-refractivity contribution < 1.29 is 17.6 Å². The second-order valence-electron chi connectivity index (χ2n) is 4.04. The number of primary sulfonamides is 1. The van der Waals surface area contributed by atoms with Crippen LogP contribution in [0.25, 0.3) is 0 Å². The number of nitrogens with one attached hydrogen (secondary N) is 1. The lowest BCUT2D eigenvalue weighted by molar-refractivity contribution is 0.0942. The first-order valence-corrected chi connectivity index (χ1v) is 7.37. The van der Waals surface area contributed by atoms with Gasteiger partial charge >= 0.3 is 0 Å². The molecule has 3 N–H and O–H groups in total. The summed E-state index contributed by atoms with van der Waals surface area (Å²) in [5.74, 6) is -1.82. The van der Waals surface area contributed by atoms with Crippen molar-refractivity contribution in [1.82, 2.24) is 5.32 Å². The number of carbonyl (C=O) groups is 1. The Balaban J connectivity index is 3.54. The Kier molecular flexibility index (Phi) is 4.78.